The van der Waals surface area contributed by atoms with Crippen molar-refractivity contribution in [2.75, 3.05) is 12.4 Å². The largest absolute Gasteiger partial charge is 0.495 e. The molecule has 0 aliphatic rings. The van der Waals surface area contributed by atoms with Gasteiger partial charge < -0.3 is 14.8 Å². The van der Waals surface area contributed by atoms with Gasteiger partial charge in [0.1, 0.15) is 11.5 Å². The van der Waals surface area contributed by atoms with E-state index in [1.54, 1.807) is 44.4 Å². The highest BCUT2D eigenvalue weighted by Gasteiger charge is 2.17. The predicted molar refractivity (Wildman–Crippen MR) is 90.9 cm³/mol. The van der Waals surface area contributed by atoms with Crippen molar-refractivity contribution in [2.45, 2.75) is 13.0 Å². The molecule has 0 radical (unpaired) electrons. The van der Waals surface area contributed by atoms with E-state index in [0.29, 0.717) is 22.2 Å². The van der Waals surface area contributed by atoms with Gasteiger partial charge in [0.05, 0.1) is 17.8 Å². The number of anilines is 1. The number of nitrogens with one attached hydrogen (secondary N) is 1. The molecule has 0 saturated carbocycles. The Morgan fingerprint density at radius 3 is 2.64 bits per heavy atom. The number of benzene rings is 2. The molecular formula is C16H15BrClNO3. The molecule has 1 N–H and O–H groups in total. The first-order valence-electron chi connectivity index (χ1n) is 6.57. The Labute approximate surface area is 142 Å². The third-order valence-corrected chi connectivity index (χ3v) is 3.72. The summed E-state index contributed by atoms with van der Waals surface area (Å²) in [6, 6.07) is 12.4. The van der Waals surface area contributed by atoms with Crippen molar-refractivity contribution in [3.8, 4) is 11.5 Å². The van der Waals surface area contributed by atoms with E-state index < -0.39 is 6.10 Å². The topological polar surface area (TPSA) is 47.6 Å². The summed E-state index contributed by atoms with van der Waals surface area (Å²) in [5, 5.41) is 3.21. The van der Waals surface area contributed by atoms with Crippen LogP contribution in [0.4, 0.5) is 5.69 Å². The van der Waals surface area contributed by atoms with Crippen LogP contribution in [0.2, 0.25) is 5.02 Å². The maximum absolute atomic E-state index is 12.2. The molecule has 1 atom stereocenters. The van der Waals surface area contributed by atoms with Gasteiger partial charge in [0, 0.05) is 4.47 Å². The Morgan fingerprint density at radius 1 is 1.23 bits per heavy atom. The van der Waals surface area contributed by atoms with Crippen molar-refractivity contribution in [1.82, 2.24) is 0 Å². The van der Waals surface area contributed by atoms with E-state index in [9.17, 15) is 4.79 Å². The Morgan fingerprint density at radius 2 is 1.95 bits per heavy atom. The normalized spacial score (nSPS) is 11.6. The smallest absolute Gasteiger partial charge is 0.265 e. The highest BCUT2D eigenvalue weighted by molar-refractivity contribution is 9.10. The van der Waals surface area contributed by atoms with Crippen LogP contribution in [-0.2, 0) is 4.79 Å². The minimum Gasteiger partial charge on any atom is -0.495 e. The van der Waals surface area contributed by atoms with Crippen LogP contribution in [0.25, 0.3) is 0 Å². The molecule has 6 heteroatoms. The van der Waals surface area contributed by atoms with Gasteiger partial charge in [-0.25, -0.2) is 0 Å². The van der Waals surface area contributed by atoms with Gasteiger partial charge in [-0.05, 0) is 37.3 Å². The van der Waals surface area contributed by atoms with Crippen LogP contribution < -0.4 is 14.8 Å². The second-order valence-corrected chi connectivity index (χ2v) is 5.85. The van der Waals surface area contributed by atoms with Crippen molar-refractivity contribution in [1.29, 1.82) is 0 Å². The van der Waals surface area contributed by atoms with Crippen LogP contribution in [0.3, 0.4) is 0 Å². The van der Waals surface area contributed by atoms with E-state index in [1.807, 2.05) is 12.1 Å². The van der Waals surface area contributed by atoms with Gasteiger partial charge in [0.2, 0.25) is 0 Å². The van der Waals surface area contributed by atoms with E-state index in [1.165, 1.54) is 0 Å². The summed E-state index contributed by atoms with van der Waals surface area (Å²) in [6.45, 7) is 1.66. The first kappa shape index (κ1) is 16.6. The summed E-state index contributed by atoms with van der Waals surface area (Å²) in [6.07, 6.45) is -0.705. The molecule has 0 aliphatic carbocycles. The van der Waals surface area contributed by atoms with Crippen LogP contribution in [-0.4, -0.2) is 19.1 Å². The lowest BCUT2D eigenvalue weighted by atomic mass is 10.2. The number of hydrogen-bond donors (Lipinski definition) is 1. The van der Waals surface area contributed by atoms with Crippen molar-refractivity contribution in [2.24, 2.45) is 0 Å². The second-order valence-electron chi connectivity index (χ2n) is 4.52. The number of carbonyl (C=O) groups is 1. The number of rotatable bonds is 5. The highest BCUT2D eigenvalue weighted by Crippen LogP contribution is 2.29. The fourth-order valence-electron chi connectivity index (χ4n) is 1.80. The Hall–Kier alpha value is -1.72. The van der Waals surface area contributed by atoms with Crippen LogP contribution in [0, 0.1) is 0 Å². The quantitative estimate of drug-likeness (QED) is 0.824. The lowest BCUT2D eigenvalue weighted by Gasteiger charge is -2.16. The molecule has 0 bridgehead atoms. The summed E-state index contributed by atoms with van der Waals surface area (Å²) in [5.41, 5.74) is 0.590. The zero-order valence-corrected chi connectivity index (χ0v) is 14.4. The SMILES string of the molecule is COc1ccccc1NC(=O)[C@@H](C)Oc1ccc(Br)cc1Cl. The number of hydrogen-bond acceptors (Lipinski definition) is 3. The first-order chi connectivity index (χ1) is 10.5. The van der Waals surface area contributed by atoms with Crippen molar-refractivity contribution in [3.63, 3.8) is 0 Å². The number of methoxy groups -OCH3 is 1. The monoisotopic (exact) mass is 383 g/mol. The van der Waals surface area contributed by atoms with Gasteiger partial charge in [-0.15, -0.1) is 0 Å². The van der Waals surface area contributed by atoms with Gasteiger partial charge in [-0.3, -0.25) is 4.79 Å². The molecular weight excluding hydrogens is 370 g/mol. The maximum atomic E-state index is 12.2. The van der Waals surface area contributed by atoms with Crippen LogP contribution >= 0.6 is 27.5 Å². The molecule has 0 unspecified atom stereocenters. The zero-order valence-electron chi connectivity index (χ0n) is 12.1. The highest BCUT2D eigenvalue weighted by atomic mass is 79.9. The summed E-state index contributed by atoms with van der Waals surface area (Å²) >= 11 is 9.40. The van der Waals surface area contributed by atoms with Gasteiger partial charge in [-0.1, -0.05) is 39.7 Å². The number of amides is 1. The fraction of sp³-hybridized carbons (Fsp3) is 0.188. The standard InChI is InChI=1S/C16H15BrClNO3/c1-10(22-14-8-7-11(17)9-12(14)18)16(20)19-13-5-3-4-6-15(13)21-2/h3-10H,1-2H3,(H,19,20)/t10-/m1/s1. The molecule has 0 aliphatic heterocycles. The Bertz CT molecular complexity index is 678. The molecule has 0 spiro atoms. The molecule has 116 valence electrons. The van der Waals surface area contributed by atoms with Crippen molar-refractivity contribution in [3.05, 3.63) is 52.0 Å². The molecule has 2 aromatic carbocycles. The average molecular weight is 385 g/mol. The van der Waals surface area contributed by atoms with Gasteiger partial charge in [0.15, 0.2) is 6.10 Å². The van der Waals surface area contributed by atoms with Crippen molar-refractivity contribution >= 4 is 39.1 Å². The molecule has 2 rings (SSSR count). The predicted octanol–water partition coefficient (Wildman–Crippen LogP) is 4.52. The van der Waals surface area contributed by atoms with E-state index >= 15 is 0 Å². The van der Waals surface area contributed by atoms with Gasteiger partial charge >= 0.3 is 0 Å². The molecule has 0 fully saturated rings. The van der Waals surface area contributed by atoms with Crippen molar-refractivity contribution < 1.29 is 14.3 Å². The number of carbonyl (C=O) groups excluding carboxylic acids is 1. The van der Waals surface area contributed by atoms with Crippen LogP contribution in [0.15, 0.2) is 46.9 Å². The average Bonchev–Trinajstić information content (AvgIpc) is 2.50. The minimum absolute atomic E-state index is 0.288. The Kier molecular flexibility index (Phi) is 5.69. The van der Waals surface area contributed by atoms with E-state index in [2.05, 4.69) is 21.2 Å². The zero-order chi connectivity index (χ0) is 16.1. The molecule has 2 aromatic rings. The molecule has 22 heavy (non-hydrogen) atoms. The van der Waals surface area contributed by atoms with Gasteiger partial charge in [-0.2, -0.15) is 0 Å². The molecule has 0 heterocycles. The Balaban J connectivity index is 2.06. The number of ether oxygens (including phenoxy) is 2. The second kappa shape index (κ2) is 7.51. The minimum atomic E-state index is -0.705. The summed E-state index contributed by atoms with van der Waals surface area (Å²) < 4.78 is 11.6. The third kappa shape index (κ3) is 4.15. The summed E-state index contributed by atoms with van der Waals surface area (Å²) in [7, 11) is 1.55. The van der Waals surface area contributed by atoms with Crippen LogP contribution in [0.5, 0.6) is 11.5 Å². The van der Waals surface area contributed by atoms with E-state index in [-0.39, 0.29) is 5.91 Å². The van der Waals surface area contributed by atoms with E-state index in [0.717, 1.165) is 4.47 Å². The van der Waals surface area contributed by atoms with Crippen LogP contribution in [0.1, 0.15) is 6.92 Å². The molecule has 1 amide bonds. The maximum Gasteiger partial charge on any atom is 0.265 e. The third-order valence-electron chi connectivity index (χ3n) is 2.93. The molecule has 0 saturated heterocycles. The fourth-order valence-corrected chi connectivity index (χ4v) is 2.51. The number of para-hydroxylation sites is 2. The molecule has 0 aromatic heterocycles. The van der Waals surface area contributed by atoms with E-state index in [4.69, 9.17) is 21.1 Å². The molecule has 4 nitrogen and oxygen atoms in total. The van der Waals surface area contributed by atoms with Gasteiger partial charge in [0.25, 0.3) is 5.91 Å². The lowest BCUT2D eigenvalue weighted by Crippen LogP contribution is -2.30. The summed E-state index contributed by atoms with van der Waals surface area (Å²) in [4.78, 5) is 12.2. The number of halogens is 2. The first-order valence-corrected chi connectivity index (χ1v) is 7.74. The lowest BCUT2D eigenvalue weighted by molar-refractivity contribution is -0.122. The summed E-state index contributed by atoms with van der Waals surface area (Å²) in [5.74, 6) is 0.751.